The van der Waals surface area contributed by atoms with Crippen LogP contribution in [0.5, 0.6) is 5.75 Å². The summed E-state index contributed by atoms with van der Waals surface area (Å²) in [5.41, 5.74) is 2.01. The fourth-order valence-corrected chi connectivity index (χ4v) is 3.48. The third-order valence-electron chi connectivity index (χ3n) is 3.94. The zero-order valence-corrected chi connectivity index (χ0v) is 15.7. The number of methoxy groups -OCH3 is 1. The van der Waals surface area contributed by atoms with Gasteiger partial charge >= 0.3 is 0 Å². The van der Waals surface area contributed by atoms with Gasteiger partial charge in [0.05, 0.1) is 12.0 Å². The van der Waals surface area contributed by atoms with E-state index in [1.54, 1.807) is 6.07 Å². The number of benzene rings is 2. The molecule has 3 rings (SSSR count). The number of rotatable bonds is 7. The van der Waals surface area contributed by atoms with Crippen LogP contribution in [0.25, 0.3) is 0 Å². The van der Waals surface area contributed by atoms with Gasteiger partial charge in [-0.05, 0) is 11.1 Å². The number of thiophene rings is 1. The molecule has 2 N–H and O–H groups in total. The maximum Gasteiger partial charge on any atom is 0.265 e. The van der Waals surface area contributed by atoms with Crippen molar-refractivity contribution in [1.29, 1.82) is 0 Å². The van der Waals surface area contributed by atoms with Gasteiger partial charge in [0.25, 0.3) is 11.8 Å². The van der Waals surface area contributed by atoms with Crippen LogP contribution in [-0.4, -0.2) is 18.9 Å². The highest BCUT2D eigenvalue weighted by molar-refractivity contribution is 7.16. The minimum atomic E-state index is -0.261. The van der Waals surface area contributed by atoms with Crippen molar-refractivity contribution in [3.63, 3.8) is 0 Å². The summed E-state index contributed by atoms with van der Waals surface area (Å²) in [4.78, 5) is 25.7. The van der Waals surface area contributed by atoms with Crippen molar-refractivity contribution in [3.8, 4) is 5.75 Å². The topological polar surface area (TPSA) is 67.4 Å². The summed E-state index contributed by atoms with van der Waals surface area (Å²) < 4.78 is 5.28. The van der Waals surface area contributed by atoms with Gasteiger partial charge in [-0.3, -0.25) is 9.59 Å². The fourth-order valence-electron chi connectivity index (χ4n) is 2.52. The van der Waals surface area contributed by atoms with E-state index in [1.165, 1.54) is 7.11 Å². The van der Waals surface area contributed by atoms with Crippen LogP contribution in [0.4, 0.5) is 0 Å². The normalized spacial score (nSPS) is 10.3. The molecule has 1 heterocycles. The van der Waals surface area contributed by atoms with E-state index >= 15 is 0 Å². The Labute approximate surface area is 162 Å². The van der Waals surface area contributed by atoms with Crippen LogP contribution in [-0.2, 0) is 13.1 Å². The lowest BCUT2D eigenvalue weighted by Crippen LogP contribution is -2.22. The Hall–Kier alpha value is -3.12. The van der Waals surface area contributed by atoms with Crippen molar-refractivity contribution in [2.24, 2.45) is 0 Å². The molecule has 2 amide bonds. The molecule has 0 radical (unpaired) electrons. The second-order valence-electron chi connectivity index (χ2n) is 5.84. The highest BCUT2D eigenvalue weighted by Gasteiger charge is 2.20. The fraction of sp³-hybridized carbons (Fsp3) is 0.143. The summed E-state index contributed by atoms with van der Waals surface area (Å²) in [5, 5.41) is 5.72. The van der Waals surface area contributed by atoms with Gasteiger partial charge in [-0.2, -0.15) is 0 Å². The van der Waals surface area contributed by atoms with Gasteiger partial charge in [-0.15, -0.1) is 11.3 Å². The first-order valence-corrected chi connectivity index (χ1v) is 9.31. The molecule has 0 aliphatic carbocycles. The predicted molar refractivity (Wildman–Crippen MR) is 106 cm³/mol. The van der Waals surface area contributed by atoms with E-state index in [0.29, 0.717) is 28.6 Å². The minimum Gasteiger partial charge on any atom is -0.495 e. The number of hydrogen-bond donors (Lipinski definition) is 2. The minimum absolute atomic E-state index is 0.232. The molecule has 138 valence electrons. The first-order valence-electron chi connectivity index (χ1n) is 8.49. The highest BCUT2D eigenvalue weighted by Crippen LogP contribution is 2.29. The molecule has 0 spiro atoms. The zero-order chi connectivity index (χ0) is 19.1. The van der Waals surface area contributed by atoms with E-state index in [9.17, 15) is 9.59 Å². The Balaban J connectivity index is 1.65. The van der Waals surface area contributed by atoms with E-state index in [2.05, 4.69) is 10.6 Å². The van der Waals surface area contributed by atoms with Gasteiger partial charge < -0.3 is 15.4 Å². The van der Waals surface area contributed by atoms with Crippen LogP contribution in [0.2, 0.25) is 0 Å². The average Bonchev–Trinajstić information content (AvgIpc) is 3.16. The Bertz CT molecular complexity index is 908. The molecule has 0 atom stereocenters. The van der Waals surface area contributed by atoms with Crippen LogP contribution >= 0.6 is 11.3 Å². The molecule has 0 saturated carbocycles. The first kappa shape index (κ1) is 18.7. The second-order valence-corrected chi connectivity index (χ2v) is 6.90. The van der Waals surface area contributed by atoms with Crippen molar-refractivity contribution < 1.29 is 14.3 Å². The first-order chi connectivity index (χ1) is 13.2. The smallest absolute Gasteiger partial charge is 0.265 e. The number of hydrogen-bond acceptors (Lipinski definition) is 4. The van der Waals surface area contributed by atoms with Gasteiger partial charge in [0, 0.05) is 19.2 Å². The van der Waals surface area contributed by atoms with Gasteiger partial charge in [0.2, 0.25) is 0 Å². The Morgan fingerprint density at radius 3 is 1.89 bits per heavy atom. The molecule has 0 aliphatic heterocycles. The monoisotopic (exact) mass is 380 g/mol. The van der Waals surface area contributed by atoms with Crippen molar-refractivity contribution >= 4 is 23.2 Å². The zero-order valence-electron chi connectivity index (χ0n) is 14.9. The molecule has 1 aromatic heterocycles. The van der Waals surface area contributed by atoms with Gasteiger partial charge in [-0.1, -0.05) is 60.7 Å². The molecule has 3 aromatic rings. The summed E-state index contributed by atoms with van der Waals surface area (Å²) >= 11 is 1.12. The van der Waals surface area contributed by atoms with E-state index < -0.39 is 0 Å². The predicted octanol–water partition coefficient (Wildman–Crippen LogP) is 3.62. The Morgan fingerprint density at radius 1 is 0.852 bits per heavy atom. The molecule has 0 aliphatic rings. The number of ether oxygens (including phenoxy) is 1. The van der Waals surface area contributed by atoms with Gasteiger partial charge in [-0.25, -0.2) is 0 Å². The largest absolute Gasteiger partial charge is 0.495 e. The van der Waals surface area contributed by atoms with E-state index in [4.69, 9.17) is 4.74 Å². The molecule has 2 aromatic carbocycles. The van der Waals surface area contributed by atoms with E-state index in [1.807, 2.05) is 60.7 Å². The van der Waals surface area contributed by atoms with Crippen LogP contribution < -0.4 is 15.4 Å². The summed E-state index contributed by atoms with van der Waals surface area (Å²) in [5.74, 6) is -0.0949. The lowest BCUT2D eigenvalue weighted by atomic mass is 10.2. The van der Waals surface area contributed by atoms with Crippen molar-refractivity contribution in [2.45, 2.75) is 13.1 Å². The molecular weight excluding hydrogens is 360 g/mol. The standard InChI is InChI=1S/C21H20N2O3S/c1-26-17-12-18(20(24)22-13-15-8-4-2-5-9-15)27-19(17)21(25)23-14-16-10-6-3-7-11-16/h2-12H,13-14H2,1H3,(H,22,24)(H,23,25). The second kappa shape index (κ2) is 9.00. The molecule has 5 nitrogen and oxygen atoms in total. The molecular formula is C21H20N2O3S. The average molecular weight is 380 g/mol. The maximum absolute atomic E-state index is 12.5. The maximum atomic E-state index is 12.5. The molecule has 0 saturated heterocycles. The van der Waals surface area contributed by atoms with Crippen LogP contribution in [0.3, 0.4) is 0 Å². The molecule has 0 fully saturated rings. The van der Waals surface area contributed by atoms with Gasteiger partial charge in [0.15, 0.2) is 0 Å². The van der Waals surface area contributed by atoms with Crippen LogP contribution in [0.1, 0.15) is 30.5 Å². The highest BCUT2D eigenvalue weighted by atomic mass is 32.1. The lowest BCUT2D eigenvalue weighted by molar-refractivity contribution is 0.0946. The third-order valence-corrected chi connectivity index (χ3v) is 5.05. The number of carbonyl (C=O) groups is 2. The van der Waals surface area contributed by atoms with Crippen molar-refractivity contribution in [1.82, 2.24) is 10.6 Å². The molecule has 0 unspecified atom stereocenters. The summed E-state index contributed by atoms with van der Waals surface area (Å²) in [6.45, 7) is 0.839. The van der Waals surface area contributed by atoms with Crippen molar-refractivity contribution in [3.05, 3.63) is 87.6 Å². The number of carbonyl (C=O) groups excluding carboxylic acids is 2. The SMILES string of the molecule is COc1cc(C(=O)NCc2ccccc2)sc1C(=O)NCc1ccccc1. The molecule has 6 heteroatoms. The van der Waals surface area contributed by atoms with Crippen LogP contribution in [0, 0.1) is 0 Å². The van der Waals surface area contributed by atoms with Crippen LogP contribution in [0.15, 0.2) is 66.7 Å². The summed E-state index contributed by atoms with van der Waals surface area (Å²) in [7, 11) is 1.49. The van der Waals surface area contributed by atoms with E-state index in [-0.39, 0.29) is 11.8 Å². The quantitative estimate of drug-likeness (QED) is 0.658. The van der Waals surface area contributed by atoms with Crippen molar-refractivity contribution in [2.75, 3.05) is 7.11 Å². The summed E-state index contributed by atoms with van der Waals surface area (Å²) in [6, 6.07) is 20.9. The number of amides is 2. The van der Waals surface area contributed by atoms with Gasteiger partial charge in [0.1, 0.15) is 10.6 Å². The Morgan fingerprint density at radius 2 is 1.37 bits per heavy atom. The van der Waals surface area contributed by atoms with E-state index in [0.717, 1.165) is 22.5 Å². The third kappa shape index (κ3) is 4.95. The summed E-state index contributed by atoms with van der Waals surface area (Å²) in [6.07, 6.45) is 0. The molecule has 0 bridgehead atoms. The Kier molecular flexibility index (Phi) is 6.22. The molecule has 27 heavy (non-hydrogen) atoms. The lowest BCUT2D eigenvalue weighted by Gasteiger charge is -2.05. The number of nitrogens with one attached hydrogen (secondary N) is 2.